The van der Waals surface area contributed by atoms with Crippen LogP contribution < -0.4 is 0 Å². The van der Waals surface area contributed by atoms with Crippen LogP contribution in [0.15, 0.2) is 0 Å². The fourth-order valence-electron chi connectivity index (χ4n) is 1.90. The van der Waals surface area contributed by atoms with Crippen LogP contribution in [0.1, 0.15) is 32.6 Å². The molecule has 0 atom stereocenters. The van der Waals surface area contributed by atoms with E-state index in [0.29, 0.717) is 12.8 Å². The molecule has 0 N–H and O–H groups in total. The molecule has 1 saturated carbocycles. The molecule has 0 unspecified atom stereocenters. The SMILES string of the molecule is CC(=O)[C@H]1CC[C@@H](S(C)(=O)=O)CC1. The Morgan fingerprint density at radius 3 is 1.92 bits per heavy atom. The van der Waals surface area contributed by atoms with Gasteiger partial charge >= 0.3 is 0 Å². The Morgan fingerprint density at radius 1 is 1.15 bits per heavy atom. The maximum Gasteiger partial charge on any atom is 0.150 e. The third-order valence-corrected chi connectivity index (χ3v) is 4.54. The predicted octanol–water partition coefficient (Wildman–Crippen LogP) is 1.18. The number of Topliss-reactive ketones (excluding diaryl/α,β-unsaturated/α-hetero) is 1. The topological polar surface area (TPSA) is 51.2 Å². The van der Waals surface area contributed by atoms with Crippen LogP contribution in [-0.2, 0) is 14.6 Å². The molecule has 76 valence electrons. The summed E-state index contributed by atoms with van der Waals surface area (Å²) in [6, 6.07) is 0. The third-order valence-electron chi connectivity index (χ3n) is 2.85. The summed E-state index contributed by atoms with van der Waals surface area (Å²) in [5.41, 5.74) is 0. The number of hydrogen-bond donors (Lipinski definition) is 0. The van der Waals surface area contributed by atoms with Gasteiger partial charge in [-0.3, -0.25) is 4.79 Å². The molecule has 1 fully saturated rings. The van der Waals surface area contributed by atoms with Gasteiger partial charge in [0, 0.05) is 12.2 Å². The molecular formula is C9H16O3S. The predicted molar refractivity (Wildman–Crippen MR) is 51.3 cm³/mol. The smallest absolute Gasteiger partial charge is 0.150 e. The van der Waals surface area contributed by atoms with Gasteiger partial charge in [0.05, 0.1) is 5.25 Å². The Balaban J connectivity index is 2.53. The minimum absolute atomic E-state index is 0.109. The minimum Gasteiger partial charge on any atom is -0.300 e. The monoisotopic (exact) mass is 204 g/mol. The molecule has 0 aliphatic heterocycles. The molecule has 4 heteroatoms. The summed E-state index contributed by atoms with van der Waals surface area (Å²) < 4.78 is 22.4. The number of hydrogen-bond acceptors (Lipinski definition) is 3. The lowest BCUT2D eigenvalue weighted by molar-refractivity contribution is -0.121. The summed E-state index contributed by atoms with van der Waals surface area (Å²) in [5, 5.41) is -0.205. The zero-order chi connectivity index (χ0) is 10.1. The van der Waals surface area contributed by atoms with Gasteiger partial charge in [-0.1, -0.05) is 0 Å². The highest BCUT2D eigenvalue weighted by Crippen LogP contribution is 2.28. The van der Waals surface area contributed by atoms with Crippen molar-refractivity contribution in [2.24, 2.45) is 5.92 Å². The first kappa shape index (κ1) is 10.7. The second-order valence-electron chi connectivity index (χ2n) is 3.91. The normalized spacial score (nSPS) is 30.0. The van der Waals surface area contributed by atoms with E-state index in [-0.39, 0.29) is 17.0 Å². The highest BCUT2D eigenvalue weighted by Gasteiger charge is 2.29. The number of ketones is 1. The molecule has 1 aliphatic rings. The second-order valence-corrected chi connectivity index (χ2v) is 6.24. The Labute approximate surface area is 79.4 Å². The first-order valence-corrected chi connectivity index (χ1v) is 6.56. The standard InChI is InChI=1S/C9H16O3S/c1-7(10)8-3-5-9(6-4-8)13(2,11)12/h8-9H,3-6H2,1-2H3/t8-,9+. The molecular weight excluding hydrogens is 188 g/mol. The molecule has 13 heavy (non-hydrogen) atoms. The van der Waals surface area contributed by atoms with Gasteiger partial charge in [-0.2, -0.15) is 0 Å². The van der Waals surface area contributed by atoms with E-state index in [9.17, 15) is 13.2 Å². The van der Waals surface area contributed by atoms with Crippen LogP contribution in [-0.4, -0.2) is 25.7 Å². The number of carbonyl (C=O) groups is 1. The highest BCUT2D eigenvalue weighted by atomic mass is 32.2. The summed E-state index contributed by atoms with van der Waals surface area (Å²) in [4.78, 5) is 11.0. The molecule has 0 aromatic rings. The van der Waals surface area contributed by atoms with Gasteiger partial charge in [0.25, 0.3) is 0 Å². The van der Waals surface area contributed by atoms with Gasteiger partial charge in [-0.25, -0.2) is 8.42 Å². The molecule has 0 spiro atoms. The fourth-order valence-corrected chi connectivity index (χ4v) is 3.03. The molecule has 0 bridgehead atoms. The average Bonchev–Trinajstić information content (AvgIpc) is 2.03. The van der Waals surface area contributed by atoms with Gasteiger partial charge in [0.2, 0.25) is 0 Å². The fraction of sp³-hybridized carbons (Fsp3) is 0.889. The number of sulfone groups is 1. The molecule has 0 heterocycles. The molecule has 0 aromatic heterocycles. The summed E-state index contributed by atoms with van der Waals surface area (Å²) in [6.45, 7) is 1.59. The second kappa shape index (κ2) is 3.78. The van der Waals surface area contributed by atoms with E-state index in [1.54, 1.807) is 6.92 Å². The van der Waals surface area contributed by atoms with Crippen molar-refractivity contribution < 1.29 is 13.2 Å². The van der Waals surface area contributed by atoms with Crippen LogP contribution in [0.2, 0.25) is 0 Å². The maximum absolute atomic E-state index is 11.2. The van der Waals surface area contributed by atoms with E-state index in [4.69, 9.17) is 0 Å². The summed E-state index contributed by atoms with van der Waals surface area (Å²) >= 11 is 0. The first-order chi connectivity index (χ1) is 5.91. The van der Waals surface area contributed by atoms with E-state index >= 15 is 0 Å². The molecule has 0 aromatic carbocycles. The molecule has 0 radical (unpaired) electrons. The quantitative estimate of drug-likeness (QED) is 0.678. The van der Waals surface area contributed by atoms with Crippen LogP contribution >= 0.6 is 0 Å². The van der Waals surface area contributed by atoms with Crippen molar-refractivity contribution in [3.63, 3.8) is 0 Å². The molecule has 1 rings (SSSR count). The Kier molecular flexibility index (Phi) is 3.11. The van der Waals surface area contributed by atoms with Gasteiger partial charge in [-0.15, -0.1) is 0 Å². The van der Waals surface area contributed by atoms with Crippen LogP contribution in [0.3, 0.4) is 0 Å². The molecule has 0 amide bonds. The summed E-state index contributed by atoms with van der Waals surface area (Å²) in [6.07, 6.45) is 4.08. The van der Waals surface area contributed by atoms with Crippen LogP contribution in [0.25, 0.3) is 0 Å². The van der Waals surface area contributed by atoms with Gasteiger partial charge < -0.3 is 0 Å². The van der Waals surface area contributed by atoms with Crippen LogP contribution in [0, 0.1) is 5.92 Å². The lowest BCUT2D eigenvalue weighted by Crippen LogP contribution is -2.28. The van der Waals surface area contributed by atoms with E-state index in [2.05, 4.69) is 0 Å². The van der Waals surface area contributed by atoms with Crippen molar-refractivity contribution in [1.29, 1.82) is 0 Å². The van der Waals surface area contributed by atoms with Crippen molar-refractivity contribution in [3.8, 4) is 0 Å². The summed E-state index contributed by atoms with van der Waals surface area (Å²) in [7, 11) is -2.89. The van der Waals surface area contributed by atoms with Crippen molar-refractivity contribution in [2.75, 3.05) is 6.26 Å². The average molecular weight is 204 g/mol. The molecule has 0 saturated heterocycles. The minimum atomic E-state index is -2.89. The molecule has 3 nitrogen and oxygen atoms in total. The molecule has 1 aliphatic carbocycles. The van der Waals surface area contributed by atoms with Gasteiger partial charge in [0.15, 0.2) is 0 Å². The van der Waals surface area contributed by atoms with Crippen LogP contribution in [0.5, 0.6) is 0 Å². The lowest BCUT2D eigenvalue weighted by Gasteiger charge is -2.25. The maximum atomic E-state index is 11.2. The third kappa shape index (κ3) is 2.79. The zero-order valence-corrected chi connectivity index (χ0v) is 8.93. The Morgan fingerprint density at radius 2 is 1.62 bits per heavy atom. The van der Waals surface area contributed by atoms with Crippen molar-refractivity contribution in [1.82, 2.24) is 0 Å². The van der Waals surface area contributed by atoms with Crippen LogP contribution in [0.4, 0.5) is 0 Å². The van der Waals surface area contributed by atoms with Crippen molar-refractivity contribution in [3.05, 3.63) is 0 Å². The van der Waals surface area contributed by atoms with Crippen molar-refractivity contribution in [2.45, 2.75) is 37.9 Å². The van der Waals surface area contributed by atoms with Crippen molar-refractivity contribution >= 4 is 15.6 Å². The van der Waals surface area contributed by atoms with E-state index in [0.717, 1.165) is 12.8 Å². The first-order valence-electron chi connectivity index (χ1n) is 4.60. The summed E-state index contributed by atoms with van der Waals surface area (Å²) in [5.74, 6) is 0.310. The largest absolute Gasteiger partial charge is 0.300 e. The number of rotatable bonds is 2. The van der Waals surface area contributed by atoms with E-state index in [1.165, 1.54) is 6.26 Å². The zero-order valence-electron chi connectivity index (χ0n) is 8.12. The highest BCUT2D eigenvalue weighted by molar-refractivity contribution is 7.91. The van der Waals surface area contributed by atoms with E-state index < -0.39 is 9.84 Å². The van der Waals surface area contributed by atoms with Gasteiger partial charge in [-0.05, 0) is 32.6 Å². The lowest BCUT2D eigenvalue weighted by atomic mass is 9.86. The van der Waals surface area contributed by atoms with Gasteiger partial charge in [0.1, 0.15) is 15.6 Å². The number of carbonyl (C=O) groups excluding carboxylic acids is 1. The Bertz CT molecular complexity index is 284. The Hall–Kier alpha value is -0.380. The van der Waals surface area contributed by atoms with E-state index in [1.807, 2.05) is 0 Å².